The fraction of sp³-hybridized carbons (Fsp3) is 0.429. The van der Waals surface area contributed by atoms with Crippen molar-refractivity contribution in [2.24, 2.45) is 0 Å². The summed E-state index contributed by atoms with van der Waals surface area (Å²) in [7, 11) is 0. The van der Waals surface area contributed by atoms with Crippen LogP contribution in [0.1, 0.15) is 36.1 Å². The van der Waals surface area contributed by atoms with Crippen LogP contribution in [0.5, 0.6) is 5.88 Å². The highest BCUT2D eigenvalue weighted by Crippen LogP contribution is 2.26. The quantitative estimate of drug-likeness (QED) is 0.575. The number of nitrogens with zero attached hydrogens (tertiary/aromatic N) is 2. The Balaban J connectivity index is 2.10. The van der Waals surface area contributed by atoms with Gasteiger partial charge in [0.25, 0.3) is 0 Å². The zero-order chi connectivity index (χ0) is 12.1. The van der Waals surface area contributed by atoms with Crippen LogP contribution in [0.25, 0.3) is 0 Å². The third-order valence-electron chi connectivity index (χ3n) is 2.93. The lowest BCUT2D eigenvalue weighted by Gasteiger charge is -2.08. The van der Waals surface area contributed by atoms with Crippen LogP contribution in [-0.4, -0.2) is 11.6 Å². The van der Waals surface area contributed by atoms with Crippen molar-refractivity contribution < 1.29 is 4.74 Å². The summed E-state index contributed by atoms with van der Waals surface area (Å²) in [4.78, 5) is 4.45. The van der Waals surface area contributed by atoms with Gasteiger partial charge in [0.05, 0.1) is 6.61 Å². The molecule has 0 N–H and O–H groups in total. The average Bonchev–Trinajstić information content (AvgIpc) is 2.80. The molecule has 0 atom stereocenters. The van der Waals surface area contributed by atoms with Crippen molar-refractivity contribution in [2.45, 2.75) is 32.1 Å². The van der Waals surface area contributed by atoms with E-state index in [-0.39, 0.29) is 0 Å². The molecule has 3 nitrogen and oxygen atoms in total. The summed E-state index contributed by atoms with van der Waals surface area (Å²) in [5.74, 6) is 0.497. The Morgan fingerprint density at radius 1 is 1.53 bits per heavy atom. The molecule has 0 radical (unpaired) electrons. The van der Waals surface area contributed by atoms with Gasteiger partial charge in [0.15, 0.2) is 0 Å². The van der Waals surface area contributed by atoms with Crippen LogP contribution in [0, 0.1) is 11.3 Å². The number of aryl methyl sites for hydroxylation is 2. The van der Waals surface area contributed by atoms with Gasteiger partial charge in [-0.3, -0.25) is 0 Å². The van der Waals surface area contributed by atoms with E-state index < -0.39 is 0 Å². The molecule has 1 aromatic rings. The first-order valence-corrected chi connectivity index (χ1v) is 6.01. The molecule has 0 saturated carbocycles. The lowest BCUT2D eigenvalue weighted by molar-refractivity contribution is 0.298. The normalized spacial score (nSPS) is 12.9. The highest BCUT2D eigenvalue weighted by Gasteiger charge is 2.16. The third kappa shape index (κ3) is 2.65. The maximum atomic E-state index is 9.07. The number of ether oxygens (including phenoxy) is 1. The van der Waals surface area contributed by atoms with Crippen LogP contribution < -0.4 is 4.74 Å². The van der Waals surface area contributed by atoms with Crippen LogP contribution in [0.15, 0.2) is 18.7 Å². The summed E-state index contributed by atoms with van der Waals surface area (Å²) in [6.07, 6.45) is 6.87. The topological polar surface area (TPSA) is 45.9 Å². The van der Waals surface area contributed by atoms with Crippen molar-refractivity contribution in [2.75, 3.05) is 6.61 Å². The Labute approximate surface area is 102 Å². The minimum atomic E-state index is 0.497. The maximum Gasteiger partial charge on any atom is 0.231 e. The van der Waals surface area contributed by atoms with Gasteiger partial charge in [-0.15, -0.1) is 6.58 Å². The second-order valence-electron chi connectivity index (χ2n) is 4.19. The van der Waals surface area contributed by atoms with Gasteiger partial charge in [-0.25, -0.2) is 4.98 Å². The molecule has 1 aliphatic rings. The standard InChI is InChI=1S/C14H16N2O/c1-2-3-4-8-17-14-12(10-15)9-11-6-5-7-13(11)16-14/h2,9H,1,3-8H2. The van der Waals surface area contributed by atoms with Crippen molar-refractivity contribution in [3.8, 4) is 11.9 Å². The van der Waals surface area contributed by atoms with Crippen LogP contribution in [0.2, 0.25) is 0 Å². The molecule has 0 amide bonds. The first-order chi connectivity index (χ1) is 8.35. The summed E-state index contributed by atoms with van der Waals surface area (Å²) >= 11 is 0. The Morgan fingerprint density at radius 3 is 3.18 bits per heavy atom. The molecule has 1 heterocycles. The van der Waals surface area contributed by atoms with E-state index in [2.05, 4.69) is 17.6 Å². The van der Waals surface area contributed by atoms with Gasteiger partial charge in [0.2, 0.25) is 5.88 Å². The second-order valence-corrected chi connectivity index (χ2v) is 4.19. The fourth-order valence-electron chi connectivity index (χ4n) is 2.04. The number of allylic oxidation sites excluding steroid dienone is 1. The van der Waals surface area contributed by atoms with E-state index in [4.69, 9.17) is 10.00 Å². The molecule has 1 aliphatic carbocycles. The molecule has 0 fully saturated rings. The number of unbranched alkanes of at least 4 members (excludes halogenated alkanes) is 1. The van der Waals surface area contributed by atoms with Crippen LogP contribution in [-0.2, 0) is 12.8 Å². The molecule has 17 heavy (non-hydrogen) atoms. The molecule has 1 aromatic heterocycles. The molecule has 0 unspecified atom stereocenters. The fourth-order valence-corrected chi connectivity index (χ4v) is 2.04. The number of rotatable bonds is 5. The van der Waals surface area contributed by atoms with Gasteiger partial charge in [0, 0.05) is 5.69 Å². The summed E-state index contributed by atoms with van der Waals surface area (Å²) in [5, 5.41) is 9.07. The molecule has 2 rings (SSSR count). The molecule has 0 saturated heterocycles. The summed E-state index contributed by atoms with van der Waals surface area (Å²) < 4.78 is 5.57. The van der Waals surface area contributed by atoms with Gasteiger partial charge in [0.1, 0.15) is 11.6 Å². The monoisotopic (exact) mass is 228 g/mol. The summed E-state index contributed by atoms with van der Waals surface area (Å²) in [6.45, 7) is 4.25. The van der Waals surface area contributed by atoms with Crippen molar-refractivity contribution in [3.63, 3.8) is 0 Å². The third-order valence-corrected chi connectivity index (χ3v) is 2.93. The summed E-state index contributed by atoms with van der Waals surface area (Å²) in [6, 6.07) is 4.09. The van der Waals surface area contributed by atoms with E-state index in [0.29, 0.717) is 18.1 Å². The molecular formula is C14H16N2O. The van der Waals surface area contributed by atoms with Crippen LogP contribution in [0.4, 0.5) is 0 Å². The Morgan fingerprint density at radius 2 is 2.41 bits per heavy atom. The van der Waals surface area contributed by atoms with E-state index >= 15 is 0 Å². The van der Waals surface area contributed by atoms with Gasteiger partial charge in [-0.1, -0.05) is 6.08 Å². The van der Waals surface area contributed by atoms with E-state index in [9.17, 15) is 0 Å². The largest absolute Gasteiger partial charge is 0.477 e. The average molecular weight is 228 g/mol. The SMILES string of the molecule is C=CCCCOc1nc2c(cc1C#N)CCC2. The lowest BCUT2D eigenvalue weighted by Crippen LogP contribution is -2.03. The molecule has 88 valence electrons. The maximum absolute atomic E-state index is 9.07. The first kappa shape index (κ1) is 11.7. The number of nitriles is 1. The molecular weight excluding hydrogens is 212 g/mol. The lowest BCUT2D eigenvalue weighted by atomic mass is 10.1. The number of hydrogen-bond donors (Lipinski definition) is 0. The number of aromatic nitrogens is 1. The minimum Gasteiger partial charge on any atom is -0.477 e. The van der Waals surface area contributed by atoms with Crippen LogP contribution in [0.3, 0.4) is 0 Å². The number of hydrogen-bond acceptors (Lipinski definition) is 3. The van der Waals surface area contributed by atoms with Gasteiger partial charge in [-0.05, 0) is 43.7 Å². The predicted molar refractivity (Wildman–Crippen MR) is 65.9 cm³/mol. The minimum absolute atomic E-state index is 0.497. The number of pyridine rings is 1. The van der Waals surface area contributed by atoms with Gasteiger partial charge < -0.3 is 4.74 Å². The van der Waals surface area contributed by atoms with Crippen molar-refractivity contribution in [3.05, 3.63) is 35.5 Å². The highest BCUT2D eigenvalue weighted by molar-refractivity contribution is 5.44. The van der Waals surface area contributed by atoms with E-state index in [0.717, 1.165) is 37.8 Å². The molecule has 0 aliphatic heterocycles. The Kier molecular flexibility index (Phi) is 3.77. The van der Waals surface area contributed by atoms with E-state index in [1.165, 1.54) is 5.56 Å². The summed E-state index contributed by atoms with van der Waals surface area (Å²) in [5.41, 5.74) is 2.87. The zero-order valence-electron chi connectivity index (χ0n) is 9.91. The second kappa shape index (κ2) is 5.49. The van der Waals surface area contributed by atoms with Crippen LogP contribution >= 0.6 is 0 Å². The smallest absolute Gasteiger partial charge is 0.231 e. The van der Waals surface area contributed by atoms with Crippen molar-refractivity contribution in [1.29, 1.82) is 5.26 Å². The Hall–Kier alpha value is -1.82. The van der Waals surface area contributed by atoms with E-state index in [1.54, 1.807) is 0 Å². The van der Waals surface area contributed by atoms with Crippen molar-refractivity contribution >= 4 is 0 Å². The Bertz CT molecular complexity index is 460. The molecule has 0 bridgehead atoms. The van der Waals surface area contributed by atoms with Crippen molar-refractivity contribution in [1.82, 2.24) is 4.98 Å². The molecule has 0 spiro atoms. The van der Waals surface area contributed by atoms with E-state index in [1.807, 2.05) is 12.1 Å². The highest BCUT2D eigenvalue weighted by atomic mass is 16.5. The first-order valence-electron chi connectivity index (χ1n) is 6.01. The predicted octanol–water partition coefficient (Wildman–Crippen LogP) is 2.79. The number of fused-ring (bicyclic) bond motifs is 1. The van der Waals surface area contributed by atoms with Gasteiger partial charge >= 0.3 is 0 Å². The molecule has 0 aromatic carbocycles. The molecule has 3 heteroatoms. The van der Waals surface area contributed by atoms with Gasteiger partial charge in [-0.2, -0.15) is 5.26 Å². The zero-order valence-corrected chi connectivity index (χ0v) is 9.91.